The van der Waals surface area contributed by atoms with Crippen LogP contribution in [0, 0.1) is 6.92 Å². The second kappa shape index (κ2) is 5.54. The van der Waals surface area contributed by atoms with Crippen molar-refractivity contribution in [3.05, 3.63) is 42.2 Å². The zero-order valence-corrected chi connectivity index (χ0v) is 13.2. The number of halogens is 3. The molecule has 4 aromatic rings. The molecule has 4 aromatic heterocycles. The summed E-state index contributed by atoms with van der Waals surface area (Å²) in [5, 5.41) is 5.26. The molecular formula is C16H13F3N6. The number of aromatic amines is 1. The van der Waals surface area contributed by atoms with Crippen molar-refractivity contribution in [2.24, 2.45) is 0 Å². The monoisotopic (exact) mass is 346 g/mol. The zero-order chi connectivity index (χ0) is 17.6. The zero-order valence-electron chi connectivity index (χ0n) is 13.2. The highest BCUT2D eigenvalue weighted by atomic mass is 19.4. The second-order valence-electron chi connectivity index (χ2n) is 5.75. The molecule has 4 rings (SSSR count). The molecule has 0 aliphatic rings. The molecule has 25 heavy (non-hydrogen) atoms. The molecule has 0 spiro atoms. The molecule has 128 valence electrons. The minimum absolute atomic E-state index is 0.159. The van der Waals surface area contributed by atoms with Crippen molar-refractivity contribution in [1.82, 2.24) is 29.5 Å². The fourth-order valence-corrected chi connectivity index (χ4v) is 2.66. The van der Waals surface area contributed by atoms with E-state index in [-0.39, 0.29) is 12.2 Å². The van der Waals surface area contributed by atoms with Gasteiger partial charge < -0.3 is 4.98 Å². The quantitative estimate of drug-likeness (QED) is 0.616. The molecule has 0 aliphatic heterocycles. The van der Waals surface area contributed by atoms with Gasteiger partial charge in [-0.2, -0.15) is 18.3 Å². The van der Waals surface area contributed by atoms with E-state index >= 15 is 0 Å². The maximum Gasteiger partial charge on any atom is 0.389 e. The Hall–Kier alpha value is -2.97. The van der Waals surface area contributed by atoms with Gasteiger partial charge in [0.05, 0.1) is 24.0 Å². The maximum atomic E-state index is 12.3. The van der Waals surface area contributed by atoms with Crippen molar-refractivity contribution in [3.8, 4) is 11.3 Å². The first-order chi connectivity index (χ1) is 11.9. The molecule has 9 heteroatoms. The number of nitrogens with one attached hydrogen (secondary N) is 1. The molecule has 0 radical (unpaired) electrons. The summed E-state index contributed by atoms with van der Waals surface area (Å²) in [5.41, 5.74) is 3.62. The molecule has 0 amide bonds. The average molecular weight is 346 g/mol. The Morgan fingerprint density at radius 2 is 2.00 bits per heavy atom. The van der Waals surface area contributed by atoms with E-state index < -0.39 is 12.6 Å². The van der Waals surface area contributed by atoms with Crippen LogP contribution in [0.15, 0.2) is 30.7 Å². The third kappa shape index (κ3) is 2.92. The van der Waals surface area contributed by atoms with Crippen LogP contribution in [-0.4, -0.2) is 35.7 Å². The fourth-order valence-electron chi connectivity index (χ4n) is 2.66. The van der Waals surface area contributed by atoms with Gasteiger partial charge in [-0.05, 0) is 19.1 Å². The summed E-state index contributed by atoms with van der Waals surface area (Å²) in [6.45, 7) is 1.90. The summed E-state index contributed by atoms with van der Waals surface area (Å²) in [5.74, 6) is 0.159. The Bertz CT molecular complexity index is 1060. The van der Waals surface area contributed by atoms with E-state index in [1.165, 1.54) is 6.20 Å². The fraction of sp³-hybridized carbons (Fsp3) is 0.250. The minimum atomic E-state index is -4.22. The Labute approximate surface area is 139 Å². The van der Waals surface area contributed by atoms with E-state index in [1.54, 1.807) is 16.9 Å². The lowest BCUT2D eigenvalue weighted by Gasteiger charge is -2.05. The van der Waals surface area contributed by atoms with Crippen LogP contribution in [0.4, 0.5) is 13.2 Å². The lowest BCUT2D eigenvalue weighted by Crippen LogP contribution is -2.10. The van der Waals surface area contributed by atoms with Crippen LogP contribution in [0.5, 0.6) is 0 Å². The van der Waals surface area contributed by atoms with Crippen LogP contribution >= 0.6 is 0 Å². The van der Waals surface area contributed by atoms with Crippen molar-refractivity contribution < 1.29 is 13.2 Å². The van der Waals surface area contributed by atoms with Gasteiger partial charge >= 0.3 is 6.18 Å². The normalized spacial score (nSPS) is 12.3. The molecular weight excluding hydrogens is 333 g/mol. The van der Waals surface area contributed by atoms with Crippen LogP contribution in [0.3, 0.4) is 0 Å². The van der Waals surface area contributed by atoms with Gasteiger partial charge in [-0.3, -0.25) is 0 Å². The molecule has 0 aliphatic carbocycles. The summed E-state index contributed by atoms with van der Waals surface area (Å²) >= 11 is 0. The lowest BCUT2D eigenvalue weighted by atomic mass is 10.2. The highest BCUT2D eigenvalue weighted by molar-refractivity contribution is 5.91. The third-order valence-electron chi connectivity index (χ3n) is 3.92. The number of alkyl halides is 3. The lowest BCUT2D eigenvalue weighted by molar-refractivity contribution is -0.134. The van der Waals surface area contributed by atoms with Gasteiger partial charge in [-0.25, -0.2) is 19.5 Å². The number of H-pyrrole nitrogens is 1. The predicted molar refractivity (Wildman–Crippen MR) is 85.0 cm³/mol. The van der Waals surface area contributed by atoms with Gasteiger partial charge in [-0.1, -0.05) is 0 Å². The van der Waals surface area contributed by atoms with Crippen LogP contribution in [0.1, 0.15) is 17.9 Å². The minimum Gasteiger partial charge on any atom is -0.345 e. The molecule has 1 N–H and O–H groups in total. The summed E-state index contributed by atoms with van der Waals surface area (Å²) < 4.78 is 38.7. The van der Waals surface area contributed by atoms with Crippen LogP contribution in [-0.2, 0) is 6.42 Å². The maximum absolute atomic E-state index is 12.3. The summed E-state index contributed by atoms with van der Waals surface area (Å²) in [6, 6.07) is 3.69. The summed E-state index contributed by atoms with van der Waals surface area (Å²) in [4.78, 5) is 15.5. The predicted octanol–water partition coefficient (Wildman–Crippen LogP) is 3.47. The molecule has 0 saturated heterocycles. The molecule has 0 bridgehead atoms. The standard InChI is InChI=1S/C16H13F3N6/c1-9-6-21-14-3-2-12(24-25(9)14)10-7-22-15-11(10)8-20-13(23-15)4-5-16(17,18)19/h2-3,6-8H,4-5H2,1H3,(H,20,22,23). The highest BCUT2D eigenvalue weighted by Gasteiger charge is 2.27. The topological polar surface area (TPSA) is 71.8 Å². The summed E-state index contributed by atoms with van der Waals surface area (Å²) in [6.07, 6.45) is -0.408. The van der Waals surface area contributed by atoms with E-state index in [0.717, 1.165) is 16.9 Å². The van der Waals surface area contributed by atoms with E-state index in [1.807, 2.05) is 19.1 Å². The van der Waals surface area contributed by atoms with Gasteiger partial charge in [0.1, 0.15) is 11.5 Å². The first-order valence-electron chi connectivity index (χ1n) is 7.62. The van der Waals surface area contributed by atoms with Crippen molar-refractivity contribution in [3.63, 3.8) is 0 Å². The van der Waals surface area contributed by atoms with Crippen molar-refractivity contribution in [1.29, 1.82) is 0 Å². The summed E-state index contributed by atoms with van der Waals surface area (Å²) in [7, 11) is 0. The number of aromatic nitrogens is 6. The second-order valence-corrected chi connectivity index (χ2v) is 5.75. The van der Waals surface area contributed by atoms with Crippen LogP contribution < -0.4 is 0 Å². The van der Waals surface area contributed by atoms with E-state index in [2.05, 4.69) is 25.0 Å². The Balaban J connectivity index is 1.71. The SMILES string of the molecule is Cc1cnc2ccc(-c3c[nH]c4nc(CCC(F)(F)F)ncc34)nn12. The van der Waals surface area contributed by atoms with E-state index in [0.29, 0.717) is 16.7 Å². The Morgan fingerprint density at radius 3 is 2.80 bits per heavy atom. The molecule has 0 aromatic carbocycles. The molecule has 0 atom stereocenters. The largest absolute Gasteiger partial charge is 0.389 e. The molecule has 0 saturated carbocycles. The number of aryl methyl sites for hydroxylation is 2. The van der Waals surface area contributed by atoms with Crippen molar-refractivity contribution in [2.45, 2.75) is 25.9 Å². The third-order valence-corrected chi connectivity index (χ3v) is 3.92. The van der Waals surface area contributed by atoms with Gasteiger partial charge in [0.25, 0.3) is 0 Å². The van der Waals surface area contributed by atoms with Crippen molar-refractivity contribution >= 4 is 16.7 Å². The molecule has 6 nitrogen and oxygen atoms in total. The van der Waals surface area contributed by atoms with Gasteiger partial charge in [0, 0.05) is 29.8 Å². The average Bonchev–Trinajstić information content (AvgIpc) is 3.15. The number of hydrogen-bond donors (Lipinski definition) is 1. The smallest absolute Gasteiger partial charge is 0.345 e. The Morgan fingerprint density at radius 1 is 1.16 bits per heavy atom. The first kappa shape index (κ1) is 15.6. The number of hydrogen-bond acceptors (Lipinski definition) is 4. The van der Waals surface area contributed by atoms with Gasteiger partial charge in [0.2, 0.25) is 0 Å². The van der Waals surface area contributed by atoms with Crippen molar-refractivity contribution in [2.75, 3.05) is 0 Å². The number of fused-ring (bicyclic) bond motifs is 2. The van der Waals surface area contributed by atoms with E-state index in [4.69, 9.17) is 0 Å². The molecule has 0 fully saturated rings. The van der Waals surface area contributed by atoms with Gasteiger partial charge in [-0.15, -0.1) is 0 Å². The molecule has 0 unspecified atom stereocenters. The first-order valence-corrected chi connectivity index (χ1v) is 7.62. The van der Waals surface area contributed by atoms with Gasteiger partial charge in [0.15, 0.2) is 5.65 Å². The van der Waals surface area contributed by atoms with E-state index in [9.17, 15) is 13.2 Å². The number of nitrogens with zero attached hydrogens (tertiary/aromatic N) is 5. The number of rotatable bonds is 3. The molecule has 4 heterocycles. The number of imidazole rings is 1. The van der Waals surface area contributed by atoms with Crippen LogP contribution in [0.2, 0.25) is 0 Å². The van der Waals surface area contributed by atoms with Crippen LogP contribution in [0.25, 0.3) is 27.9 Å². The Kier molecular flexibility index (Phi) is 3.45. The highest BCUT2D eigenvalue weighted by Crippen LogP contribution is 2.27.